The van der Waals surface area contributed by atoms with Gasteiger partial charge in [0.1, 0.15) is 16.8 Å². The minimum Gasteiger partial charge on any atom is -0.306 e. The number of aromatic nitrogens is 5. The van der Waals surface area contributed by atoms with Crippen LogP contribution in [0.1, 0.15) is 27.0 Å². The molecule has 6 rings (SSSR count). The van der Waals surface area contributed by atoms with Crippen molar-refractivity contribution >= 4 is 50.8 Å². The Balaban J connectivity index is 1.38. The van der Waals surface area contributed by atoms with E-state index in [0.29, 0.717) is 20.8 Å². The maximum atomic E-state index is 13.6. The maximum absolute atomic E-state index is 13.6. The summed E-state index contributed by atoms with van der Waals surface area (Å²) in [7, 11) is 0. The molecular weight excluding hydrogens is 543 g/mol. The van der Waals surface area contributed by atoms with Gasteiger partial charge in [-0.15, -0.1) is 10.2 Å². The first-order valence-electron chi connectivity index (χ1n) is 12.4. The van der Waals surface area contributed by atoms with Crippen LogP contribution in [0.2, 0.25) is 0 Å². The zero-order chi connectivity index (χ0) is 27.6. The topological polar surface area (TPSA) is 118 Å². The Labute approximate surface area is 236 Å². The molecule has 0 aliphatic rings. The highest BCUT2D eigenvalue weighted by molar-refractivity contribution is 8.00. The summed E-state index contributed by atoms with van der Waals surface area (Å²) in [6, 6.07) is 24.7. The van der Waals surface area contributed by atoms with Gasteiger partial charge in [0.25, 0.3) is 11.5 Å². The van der Waals surface area contributed by atoms with Gasteiger partial charge < -0.3 is 4.57 Å². The molecule has 1 amide bonds. The summed E-state index contributed by atoms with van der Waals surface area (Å²) in [4.78, 5) is 31.8. The minimum atomic E-state index is -0.543. The summed E-state index contributed by atoms with van der Waals surface area (Å²) in [6.45, 7) is 2.15. The molecule has 0 atom stereocenters. The van der Waals surface area contributed by atoms with Gasteiger partial charge >= 0.3 is 0 Å². The second-order valence-corrected chi connectivity index (χ2v) is 11.3. The number of nitrogens with zero attached hydrogens (tertiary/aromatic N) is 5. The molecule has 2 N–H and O–H groups in total. The van der Waals surface area contributed by atoms with E-state index in [0.717, 1.165) is 22.4 Å². The number of anilines is 1. The molecule has 6 aromatic rings. The summed E-state index contributed by atoms with van der Waals surface area (Å²) < 4.78 is 3.79. The molecule has 198 valence electrons. The van der Waals surface area contributed by atoms with Gasteiger partial charge in [-0.05, 0) is 35.7 Å². The number of hydrogen-bond acceptors (Lipinski definition) is 8. The fourth-order valence-electron chi connectivity index (χ4n) is 4.39. The van der Waals surface area contributed by atoms with Gasteiger partial charge in [0.05, 0.1) is 17.5 Å². The molecule has 2 aromatic carbocycles. The van der Waals surface area contributed by atoms with Crippen molar-refractivity contribution in [1.29, 1.82) is 5.41 Å². The number of nitrogens with one attached hydrogen (secondary N) is 2. The number of aryl methyl sites for hydroxylation is 1. The largest absolute Gasteiger partial charge is 0.306 e. The van der Waals surface area contributed by atoms with Crippen molar-refractivity contribution in [2.24, 2.45) is 0 Å². The molecule has 4 aromatic heterocycles. The number of carbonyl (C=O) groups is 1. The zero-order valence-electron chi connectivity index (χ0n) is 21.4. The van der Waals surface area contributed by atoms with E-state index in [1.54, 1.807) is 16.8 Å². The van der Waals surface area contributed by atoms with E-state index in [-0.39, 0.29) is 28.5 Å². The number of amides is 1. The van der Waals surface area contributed by atoms with E-state index in [1.807, 2.05) is 73.7 Å². The third kappa shape index (κ3) is 5.04. The average molecular weight is 566 g/mol. The molecular formula is C29H23N7O2S2. The summed E-state index contributed by atoms with van der Waals surface area (Å²) >= 11 is 2.79. The van der Waals surface area contributed by atoms with E-state index in [4.69, 9.17) is 10.4 Å². The smallest absolute Gasteiger partial charge is 0.267 e. The maximum Gasteiger partial charge on any atom is 0.267 e. The molecule has 0 aliphatic heterocycles. The lowest BCUT2D eigenvalue weighted by Crippen LogP contribution is -2.32. The number of rotatable bonds is 7. The van der Waals surface area contributed by atoms with Crippen LogP contribution in [-0.2, 0) is 12.3 Å². The van der Waals surface area contributed by atoms with Crippen molar-refractivity contribution < 1.29 is 4.79 Å². The van der Waals surface area contributed by atoms with Crippen molar-refractivity contribution in [1.82, 2.24) is 24.1 Å². The van der Waals surface area contributed by atoms with Crippen molar-refractivity contribution in [3.8, 4) is 0 Å². The minimum absolute atomic E-state index is 0.0450. The predicted octanol–water partition coefficient (Wildman–Crippen LogP) is 4.88. The third-order valence-corrected chi connectivity index (χ3v) is 8.44. The summed E-state index contributed by atoms with van der Waals surface area (Å²) in [6.07, 6.45) is 1.66. The number of carbonyl (C=O) groups excluding carboxylic acids is 1. The van der Waals surface area contributed by atoms with Crippen LogP contribution in [0.15, 0.2) is 94.2 Å². The van der Waals surface area contributed by atoms with E-state index in [1.165, 1.54) is 33.6 Å². The number of fused-ring (bicyclic) bond motifs is 2. The second kappa shape index (κ2) is 10.9. The molecule has 0 spiro atoms. The molecule has 0 bridgehead atoms. The van der Waals surface area contributed by atoms with Gasteiger partial charge in [-0.3, -0.25) is 24.7 Å². The number of benzene rings is 2. The van der Waals surface area contributed by atoms with Gasteiger partial charge in [-0.2, -0.15) is 0 Å². The first-order chi connectivity index (χ1) is 19.5. The molecule has 0 aliphatic carbocycles. The molecule has 0 fully saturated rings. The fourth-order valence-corrected chi connectivity index (χ4v) is 6.09. The molecule has 4 heterocycles. The van der Waals surface area contributed by atoms with Crippen LogP contribution in [0.5, 0.6) is 0 Å². The predicted molar refractivity (Wildman–Crippen MR) is 157 cm³/mol. The quantitative estimate of drug-likeness (QED) is 0.162. The van der Waals surface area contributed by atoms with Crippen molar-refractivity contribution in [3.63, 3.8) is 0 Å². The molecule has 0 unspecified atom stereocenters. The summed E-state index contributed by atoms with van der Waals surface area (Å²) in [5, 5.41) is 20.6. The average Bonchev–Trinajstić information content (AvgIpc) is 3.42. The van der Waals surface area contributed by atoms with Crippen LogP contribution >= 0.6 is 23.1 Å². The van der Waals surface area contributed by atoms with Gasteiger partial charge in [-0.25, -0.2) is 4.98 Å². The second-order valence-electron chi connectivity index (χ2n) is 9.12. The van der Waals surface area contributed by atoms with Crippen LogP contribution in [0.3, 0.4) is 0 Å². The standard InChI is InChI=1S/C29H23N7O2S2/c1-18-9-8-14-35-24(18)31-25-22(27(35)38)15-21(23(30)36(25)16-19-10-4-2-5-11-19)26(37)32-28-33-34-29(40-28)39-17-20-12-6-3-7-13-20/h2-15,30H,16-17H2,1H3,(H,32,33,37). The molecule has 0 saturated carbocycles. The highest BCUT2D eigenvalue weighted by atomic mass is 32.2. The lowest BCUT2D eigenvalue weighted by atomic mass is 10.1. The first-order valence-corrected chi connectivity index (χ1v) is 14.2. The Kier molecular flexibility index (Phi) is 6.97. The first kappa shape index (κ1) is 25.7. The van der Waals surface area contributed by atoms with Crippen LogP contribution in [-0.4, -0.2) is 30.1 Å². The van der Waals surface area contributed by atoms with Crippen LogP contribution in [0.25, 0.3) is 16.7 Å². The zero-order valence-corrected chi connectivity index (χ0v) is 23.0. The summed E-state index contributed by atoms with van der Waals surface area (Å²) in [5.41, 5.74) is 3.44. The van der Waals surface area contributed by atoms with Gasteiger partial charge in [0.2, 0.25) is 5.13 Å². The van der Waals surface area contributed by atoms with E-state index in [2.05, 4.69) is 15.5 Å². The lowest BCUT2D eigenvalue weighted by Gasteiger charge is -2.15. The number of pyridine rings is 2. The Morgan fingerprint density at radius 3 is 2.45 bits per heavy atom. The Bertz CT molecular complexity index is 1980. The fraction of sp³-hybridized carbons (Fsp3) is 0.103. The molecule has 0 radical (unpaired) electrons. The highest BCUT2D eigenvalue weighted by Crippen LogP contribution is 2.28. The van der Waals surface area contributed by atoms with Crippen LogP contribution in [0, 0.1) is 12.3 Å². The third-order valence-electron chi connectivity index (χ3n) is 6.39. The number of thioether (sulfide) groups is 1. The number of hydrogen-bond donors (Lipinski definition) is 2. The molecule has 40 heavy (non-hydrogen) atoms. The van der Waals surface area contributed by atoms with E-state index < -0.39 is 5.91 Å². The van der Waals surface area contributed by atoms with Crippen molar-refractivity contribution in [2.45, 2.75) is 23.6 Å². The molecule has 0 saturated heterocycles. The van der Waals surface area contributed by atoms with Crippen LogP contribution < -0.4 is 16.4 Å². The lowest BCUT2D eigenvalue weighted by molar-refractivity contribution is 0.102. The molecule has 9 nitrogen and oxygen atoms in total. The highest BCUT2D eigenvalue weighted by Gasteiger charge is 2.19. The van der Waals surface area contributed by atoms with Gasteiger partial charge in [-0.1, -0.05) is 89.8 Å². The molecule has 11 heteroatoms. The SMILES string of the molecule is Cc1cccn2c(=O)c3cc(C(=O)Nc4nnc(SCc5ccccc5)s4)c(=N)n(Cc4ccccc4)c3nc12. The Hall–Kier alpha value is -4.61. The van der Waals surface area contributed by atoms with E-state index in [9.17, 15) is 9.59 Å². The van der Waals surface area contributed by atoms with Crippen molar-refractivity contribution in [2.75, 3.05) is 5.32 Å². The van der Waals surface area contributed by atoms with Crippen LogP contribution in [0.4, 0.5) is 5.13 Å². The van der Waals surface area contributed by atoms with Gasteiger partial charge in [0.15, 0.2) is 4.34 Å². The van der Waals surface area contributed by atoms with Crippen molar-refractivity contribution in [3.05, 3.63) is 123 Å². The van der Waals surface area contributed by atoms with E-state index >= 15 is 0 Å². The van der Waals surface area contributed by atoms with Gasteiger partial charge in [0, 0.05) is 11.9 Å². The normalized spacial score (nSPS) is 11.2. The Morgan fingerprint density at radius 2 is 1.70 bits per heavy atom. The Morgan fingerprint density at radius 1 is 0.975 bits per heavy atom. The summed E-state index contributed by atoms with van der Waals surface area (Å²) in [5.74, 6) is 0.188. The monoisotopic (exact) mass is 565 g/mol.